The van der Waals surface area contributed by atoms with Crippen molar-refractivity contribution in [2.75, 3.05) is 24.2 Å². The highest BCUT2D eigenvalue weighted by Crippen LogP contribution is 2.27. The van der Waals surface area contributed by atoms with E-state index in [4.69, 9.17) is 4.74 Å². The summed E-state index contributed by atoms with van der Waals surface area (Å²) in [5.74, 6) is -0.208. The second-order valence-corrected chi connectivity index (χ2v) is 11.5. The zero-order valence-electron chi connectivity index (χ0n) is 19.1. The van der Waals surface area contributed by atoms with E-state index in [0.29, 0.717) is 30.1 Å². The van der Waals surface area contributed by atoms with Gasteiger partial charge >= 0.3 is 6.09 Å². The van der Waals surface area contributed by atoms with Crippen LogP contribution in [0.4, 0.5) is 10.5 Å². The lowest BCUT2D eigenvalue weighted by molar-refractivity contribution is 0.0130. The molecule has 1 fully saturated rings. The normalized spacial score (nSPS) is 20.4. The van der Waals surface area contributed by atoms with Gasteiger partial charge in [0.2, 0.25) is 0 Å². The predicted molar refractivity (Wildman–Crippen MR) is 118 cm³/mol. The molecule has 0 aliphatic carbocycles. The summed E-state index contributed by atoms with van der Waals surface area (Å²) in [5, 5.41) is 0. The van der Waals surface area contributed by atoms with Crippen LogP contribution in [0.3, 0.4) is 0 Å². The molecule has 2 aromatic heterocycles. The van der Waals surface area contributed by atoms with E-state index in [1.807, 2.05) is 39.5 Å². The van der Waals surface area contributed by atoms with Crippen molar-refractivity contribution in [1.82, 2.24) is 19.1 Å². The van der Waals surface area contributed by atoms with Crippen LogP contribution in [0.1, 0.15) is 40.3 Å². The largest absolute Gasteiger partial charge is 0.444 e. The van der Waals surface area contributed by atoms with Gasteiger partial charge in [0.25, 0.3) is 5.56 Å². The Bertz CT molecular complexity index is 1160. The number of carbonyl (C=O) groups excluding carboxylic acids is 1. The van der Waals surface area contributed by atoms with Gasteiger partial charge in [0, 0.05) is 44.5 Å². The molecule has 1 saturated heterocycles. The third kappa shape index (κ3) is 5.03. The molecule has 2 aromatic rings. The Hall–Kier alpha value is -2.56. The molecule has 3 heterocycles. The van der Waals surface area contributed by atoms with Crippen molar-refractivity contribution in [3.63, 3.8) is 0 Å². The smallest absolute Gasteiger partial charge is 0.410 e. The molecule has 172 valence electrons. The molecule has 1 aliphatic heterocycles. The first-order valence-electron chi connectivity index (χ1n) is 10.2. The third-order valence-electron chi connectivity index (χ3n) is 5.20. The first kappa shape index (κ1) is 23.1. The summed E-state index contributed by atoms with van der Waals surface area (Å²) in [5.41, 5.74) is 0.677. The Morgan fingerprint density at radius 3 is 2.45 bits per heavy atom. The number of rotatable bonds is 3. The zero-order chi connectivity index (χ0) is 23.3. The molecule has 2 atom stereocenters. The van der Waals surface area contributed by atoms with Gasteiger partial charge in [-0.1, -0.05) is 0 Å². The number of hydrogen-bond acceptors (Lipinski definition) is 7. The number of anilines is 1. The number of piperazine rings is 1. The fourth-order valence-electron chi connectivity index (χ4n) is 3.79. The molecule has 0 bridgehead atoms. The number of hydrogen-bond donors (Lipinski definition) is 0. The zero-order valence-corrected chi connectivity index (χ0v) is 19.9. The number of carbonyl (C=O) groups is 1. The number of imidazole rings is 1. The van der Waals surface area contributed by atoms with Crippen LogP contribution in [0, 0.1) is 0 Å². The van der Waals surface area contributed by atoms with Crippen LogP contribution in [0.15, 0.2) is 17.1 Å². The van der Waals surface area contributed by atoms with Crippen LogP contribution in [-0.4, -0.2) is 70.6 Å². The molecule has 1 aliphatic rings. The van der Waals surface area contributed by atoms with Gasteiger partial charge in [0.05, 0.1) is 23.3 Å². The molecule has 0 aromatic carbocycles. The highest BCUT2D eigenvalue weighted by Gasteiger charge is 2.35. The topological polar surface area (TPSA) is 106 Å². The quantitative estimate of drug-likeness (QED) is 0.692. The molecule has 11 heteroatoms. The molecular formula is C20H31N5O5S. The maximum Gasteiger partial charge on any atom is 0.410 e. The van der Waals surface area contributed by atoms with Crippen LogP contribution in [-0.2, 0) is 27.4 Å². The van der Waals surface area contributed by atoms with Gasteiger partial charge in [-0.25, -0.2) is 27.4 Å². The van der Waals surface area contributed by atoms with E-state index < -0.39 is 15.4 Å². The number of amides is 1. The Morgan fingerprint density at radius 2 is 1.87 bits per heavy atom. The molecule has 0 spiro atoms. The summed E-state index contributed by atoms with van der Waals surface area (Å²) in [6.07, 6.45) is 2.36. The summed E-state index contributed by atoms with van der Waals surface area (Å²) in [6.45, 7) is 10.3. The molecule has 0 radical (unpaired) electrons. The fourth-order valence-corrected chi connectivity index (χ4v) is 4.47. The SMILES string of the molecule is C[C@@H]1CN(c2cc(=O)n(C)n3cc(CS(C)(=O)=O)nc23)[C@@H](C)CN1C(=O)OC(C)(C)C. The number of nitrogens with zero attached hydrogens (tertiary/aromatic N) is 5. The Balaban J connectivity index is 1.97. The van der Waals surface area contributed by atoms with E-state index in [-0.39, 0.29) is 29.5 Å². The highest BCUT2D eigenvalue weighted by molar-refractivity contribution is 7.89. The number of sulfone groups is 1. The Kier molecular flexibility index (Phi) is 5.85. The highest BCUT2D eigenvalue weighted by atomic mass is 32.2. The lowest BCUT2D eigenvalue weighted by Gasteiger charge is -2.45. The van der Waals surface area contributed by atoms with Crippen molar-refractivity contribution < 1.29 is 17.9 Å². The van der Waals surface area contributed by atoms with E-state index in [1.54, 1.807) is 22.7 Å². The van der Waals surface area contributed by atoms with Crippen molar-refractivity contribution in [1.29, 1.82) is 0 Å². The van der Waals surface area contributed by atoms with Gasteiger partial charge in [0.15, 0.2) is 15.5 Å². The maximum absolute atomic E-state index is 12.6. The van der Waals surface area contributed by atoms with Crippen LogP contribution in [0.2, 0.25) is 0 Å². The monoisotopic (exact) mass is 453 g/mol. The average molecular weight is 454 g/mol. The van der Waals surface area contributed by atoms with Crippen molar-refractivity contribution >= 4 is 27.3 Å². The van der Waals surface area contributed by atoms with Gasteiger partial charge in [-0.3, -0.25) is 4.79 Å². The minimum Gasteiger partial charge on any atom is -0.444 e. The summed E-state index contributed by atoms with van der Waals surface area (Å²) in [4.78, 5) is 33.5. The fraction of sp³-hybridized carbons (Fsp3) is 0.650. The minimum absolute atomic E-state index is 0.102. The van der Waals surface area contributed by atoms with Crippen LogP contribution in [0.5, 0.6) is 0 Å². The number of ether oxygens (including phenoxy) is 1. The maximum atomic E-state index is 12.6. The first-order valence-corrected chi connectivity index (χ1v) is 12.2. The van der Waals surface area contributed by atoms with Gasteiger partial charge in [0.1, 0.15) is 5.60 Å². The summed E-state index contributed by atoms with van der Waals surface area (Å²) in [7, 11) is -1.66. The van der Waals surface area contributed by atoms with Gasteiger partial charge < -0.3 is 14.5 Å². The molecule has 3 rings (SSSR count). The van der Waals surface area contributed by atoms with Crippen molar-refractivity contribution in [3.05, 3.63) is 28.3 Å². The van der Waals surface area contributed by atoms with Crippen molar-refractivity contribution in [2.24, 2.45) is 7.05 Å². The lowest BCUT2D eigenvalue weighted by Crippen LogP contribution is -2.59. The number of aromatic nitrogens is 3. The summed E-state index contributed by atoms with van der Waals surface area (Å²) in [6, 6.07) is 1.26. The first-order chi connectivity index (χ1) is 14.2. The molecular weight excluding hydrogens is 422 g/mol. The van der Waals surface area contributed by atoms with E-state index in [2.05, 4.69) is 4.98 Å². The molecule has 31 heavy (non-hydrogen) atoms. The van der Waals surface area contributed by atoms with E-state index in [0.717, 1.165) is 6.26 Å². The van der Waals surface area contributed by atoms with Gasteiger partial charge in [-0.15, -0.1) is 0 Å². The van der Waals surface area contributed by atoms with E-state index in [9.17, 15) is 18.0 Å². The van der Waals surface area contributed by atoms with Crippen LogP contribution < -0.4 is 10.5 Å². The summed E-state index contributed by atoms with van der Waals surface area (Å²) >= 11 is 0. The van der Waals surface area contributed by atoms with Crippen molar-refractivity contribution in [3.8, 4) is 0 Å². The minimum atomic E-state index is -3.27. The van der Waals surface area contributed by atoms with E-state index >= 15 is 0 Å². The number of aryl methyl sites for hydroxylation is 1. The molecule has 0 unspecified atom stereocenters. The molecule has 10 nitrogen and oxygen atoms in total. The average Bonchev–Trinajstić information content (AvgIpc) is 3.00. The van der Waals surface area contributed by atoms with Gasteiger partial charge in [-0.2, -0.15) is 0 Å². The molecule has 0 N–H and O–H groups in total. The van der Waals surface area contributed by atoms with Gasteiger partial charge in [-0.05, 0) is 34.6 Å². The summed E-state index contributed by atoms with van der Waals surface area (Å²) < 4.78 is 32.0. The van der Waals surface area contributed by atoms with E-state index in [1.165, 1.54) is 10.7 Å². The third-order valence-corrected chi connectivity index (χ3v) is 6.02. The Labute approximate surface area is 182 Å². The van der Waals surface area contributed by atoms with Crippen LogP contribution in [0.25, 0.3) is 5.65 Å². The van der Waals surface area contributed by atoms with Crippen molar-refractivity contribution in [2.45, 2.75) is 58.1 Å². The molecule has 1 amide bonds. The lowest BCUT2D eigenvalue weighted by atomic mass is 10.1. The molecule has 0 saturated carbocycles. The predicted octanol–water partition coefficient (Wildman–Crippen LogP) is 1.41. The second kappa shape index (κ2) is 7.85. The number of fused-ring (bicyclic) bond motifs is 1. The second-order valence-electron chi connectivity index (χ2n) is 9.35. The Morgan fingerprint density at radius 1 is 1.23 bits per heavy atom. The standard InChI is InChI=1S/C20H31N5O5S/c1-13-10-24(19(27)30-20(3,4)5)14(2)9-23(13)16-8-17(26)22(6)25-11-15(21-18(16)25)12-31(7,28)29/h8,11,13-14H,9-10,12H2,1-7H3/t13-,14+/m0/s1. The van der Waals surface area contributed by atoms with Crippen LogP contribution >= 0.6 is 0 Å².